The summed E-state index contributed by atoms with van der Waals surface area (Å²) >= 11 is 0. The van der Waals surface area contributed by atoms with Crippen LogP contribution in [-0.4, -0.2) is 36.9 Å². The quantitative estimate of drug-likeness (QED) is 0.619. The molecule has 1 heterocycles. The number of amides is 3. The molecule has 1 aromatic heterocycles. The zero-order chi connectivity index (χ0) is 17.4. The van der Waals surface area contributed by atoms with E-state index in [-0.39, 0.29) is 29.4 Å². The molecule has 0 aromatic carbocycles. The average Bonchev–Trinajstić information content (AvgIpc) is 3.02. The van der Waals surface area contributed by atoms with E-state index in [1.54, 1.807) is 19.9 Å². The van der Waals surface area contributed by atoms with Crippen molar-refractivity contribution in [2.75, 3.05) is 13.1 Å². The third-order valence-corrected chi connectivity index (χ3v) is 3.23. The molecule has 0 aliphatic carbocycles. The van der Waals surface area contributed by atoms with E-state index in [9.17, 15) is 14.4 Å². The van der Waals surface area contributed by atoms with E-state index in [1.807, 2.05) is 13.8 Å². The molecule has 1 aromatic rings. The van der Waals surface area contributed by atoms with Gasteiger partial charge in [0.2, 0.25) is 11.8 Å². The number of rotatable bonds is 8. The summed E-state index contributed by atoms with van der Waals surface area (Å²) in [5.41, 5.74) is 0. The van der Waals surface area contributed by atoms with Crippen molar-refractivity contribution in [1.29, 1.82) is 0 Å². The molecular weight excluding hydrogens is 298 g/mol. The van der Waals surface area contributed by atoms with Crippen molar-refractivity contribution in [3.63, 3.8) is 0 Å². The van der Waals surface area contributed by atoms with Gasteiger partial charge in [-0.2, -0.15) is 0 Å². The lowest BCUT2D eigenvalue weighted by molar-refractivity contribution is -0.125. The molecule has 1 unspecified atom stereocenters. The first-order chi connectivity index (χ1) is 10.8. The fourth-order valence-corrected chi connectivity index (χ4v) is 1.84. The third kappa shape index (κ3) is 6.14. The molecule has 23 heavy (non-hydrogen) atoms. The largest absolute Gasteiger partial charge is 0.459 e. The smallest absolute Gasteiger partial charge is 0.287 e. The average molecular weight is 323 g/mol. The minimum atomic E-state index is -0.673. The first-order valence-corrected chi connectivity index (χ1v) is 7.72. The number of carbonyl (C=O) groups is 3. The van der Waals surface area contributed by atoms with E-state index in [4.69, 9.17) is 4.42 Å². The molecule has 7 nitrogen and oxygen atoms in total. The van der Waals surface area contributed by atoms with Crippen molar-refractivity contribution < 1.29 is 18.8 Å². The fraction of sp³-hybridized carbons (Fsp3) is 0.562. The van der Waals surface area contributed by atoms with Crippen molar-refractivity contribution in [2.24, 2.45) is 11.8 Å². The van der Waals surface area contributed by atoms with Gasteiger partial charge in [-0.05, 0) is 18.1 Å². The summed E-state index contributed by atoms with van der Waals surface area (Å²) in [4.78, 5) is 35.6. The molecule has 0 fully saturated rings. The van der Waals surface area contributed by atoms with Crippen LogP contribution in [0.1, 0.15) is 38.2 Å². The predicted molar refractivity (Wildman–Crippen MR) is 85.7 cm³/mol. The molecule has 0 spiro atoms. The van der Waals surface area contributed by atoms with Crippen LogP contribution in [0.25, 0.3) is 0 Å². The topological polar surface area (TPSA) is 100 Å². The van der Waals surface area contributed by atoms with Gasteiger partial charge >= 0.3 is 0 Å². The molecule has 1 atom stereocenters. The Bertz CT molecular complexity index is 523. The highest BCUT2D eigenvalue weighted by molar-refractivity contribution is 5.95. The minimum absolute atomic E-state index is 0.0641. The molecule has 3 amide bonds. The van der Waals surface area contributed by atoms with E-state index < -0.39 is 11.9 Å². The van der Waals surface area contributed by atoms with E-state index in [0.29, 0.717) is 13.1 Å². The Kier molecular flexibility index (Phi) is 7.31. The van der Waals surface area contributed by atoms with E-state index in [1.165, 1.54) is 12.3 Å². The van der Waals surface area contributed by atoms with Crippen LogP contribution in [0.2, 0.25) is 0 Å². The predicted octanol–water partition coefficient (Wildman–Crippen LogP) is 0.922. The van der Waals surface area contributed by atoms with Crippen LogP contribution in [0.5, 0.6) is 0 Å². The van der Waals surface area contributed by atoms with Crippen molar-refractivity contribution in [2.45, 2.75) is 33.7 Å². The summed E-state index contributed by atoms with van der Waals surface area (Å²) < 4.78 is 5.01. The molecular formula is C16H25N3O4. The van der Waals surface area contributed by atoms with Crippen LogP contribution in [0, 0.1) is 11.8 Å². The van der Waals surface area contributed by atoms with Gasteiger partial charge in [-0.15, -0.1) is 0 Å². The Balaban J connectivity index is 2.46. The highest BCUT2D eigenvalue weighted by atomic mass is 16.3. The van der Waals surface area contributed by atoms with Gasteiger partial charge in [-0.25, -0.2) is 0 Å². The zero-order valence-electron chi connectivity index (χ0n) is 14.0. The lowest BCUT2D eigenvalue weighted by Crippen LogP contribution is -2.50. The summed E-state index contributed by atoms with van der Waals surface area (Å²) in [7, 11) is 0. The van der Waals surface area contributed by atoms with Crippen molar-refractivity contribution in [1.82, 2.24) is 16.0 Å². The van der Waals surface area contributed by atoms with Crippen LogP contribution in [0.3, 0.4) is 0 Å². The second kappa shape index (κ2) is 8.97. The molecule has 0 radical (unpaired) electrons. The second-order valence-corrected chi connectivity index (χ2v) is 5.91. The number of hydrogen-bond donors (Lipinski definition) is 3. The third-order valence-electron chi connectivity index (χ3n) is 3.23. The lowest BCUT2D eigenvalue weighted by Gasteiger charge is -2.21. The SMILES string of the molecule is CC(C)C(=O)NCCNC(=O)C(NC(=O)c1ccco1)C(C)C. The lowest BCUT2D eigenvalue weighted by atomic mass is 10.0. The Labute approximate surface area is 136 Å². The van der Waals surface area contributed by atoms with Crippen LogP contribution in [0.15, 0.2) is 22.8 Å². The van der Waals surface area contributed by atoms with Gasteiger partial charge in [0.25, 0.3) is 5.91 Å². The Hall–Kier alpha value is -2.31. The van der Waals surface area contributed by atoms with Crippen LogP contribution in [0.4, 0.5) is 0 Å². The highest BCUT2D eigenvalue weighted by Gasteiger charge is 2.25. The van der Waals surface area contributed by atoms with Gasteiger partial charge in [0.15, 0.2) is 5.76 Å². The maximum absolute atomic E-state index is 12.2. The molecule has 0 saturated carbocycles. The molecule has 128 valence electrons. The molecule has 1 rings (SSSR count). The molecule has 7 heteroatoms. The minimum Gasteiger partial charge on any atom is -0.459 e. The van der Waals surface area contributed by atoms with Gasteiger partial charge in [-0.3, -0.25) is 14.4 Å². The van der Waals surface area contributed by atoms with Gasteiger partial charge in [0.05, 0.1) is 6.26 Å². The van der Waals surface area contributed by atoms with E-state index in [2.05, 4.69) is 16.0 Å². The summed E-state index contributed by atoms with van der Waals surface area (Å²) in [6.45, 7) is 7.93. The molecule has 0 bridgehead atoms. The maximum Gasteiger partial charge on any atom is 0.287 e. The maximum atomic E-state index is 12.2. The van der Waals surface area contributed by atoms with Crippen LogP contribution >= 0.6 is 0 Å². The van der Waals surface area contributed by atoms with E-state index in [0.717, 1.165) is 0 Å². The van der Waals surface area contributed by atoms with Crippen LogP contribution in [-0.2, 0) is 9.59 Å². The summed E-state index contributed by atoms with van der Waals surface area (Å²) in [6.07, 6.45) is 1.40. The van der Waals surface area contributed by atoms with Crippen molar-refractivity contribution in [3.8, 4) is 0 Å². The zero-order valence-corrected chi connectivity index (χ0v) is 14.0. The Morgan fingerprint density at radius 3 is 2.13 bits per heavy atom. The molecule has 0 aliphatic heterocycles. The normalized spacial score (nSPS) is 12.1. The summed E-state index contributed by atoms with van der Waals surface area (Å²) in [5.74, 6) is -0.810. The second-order valence-electron chi connectivity index (χ2n) is 5.91. The van der Waals surface area contributed by atoms with Crippen molar-refractivity contribution in [3.05, 3.63) is 24.2 Å². The summed E-state index contributed by atoms with van der Waals surface area (Å²) in [5, 5.41) is 8.08. The number of furan rings is 1. The molecule has 0 aliphatic rings. The first kappa shape index (κ1) is 18.7. The Morgan fingerprint density at radius 1 is 1.04 bits per heavy atom. The Morgan fingerprint density at radius 2 is 1.65 bits per heavy atom. The van der Waals surface area contributed by atoms with E-state index >= 15 is 0 Å². The van der Waals surface area contributed by atoms with Gasteiger partial charge < -0.3 is 20.4 Å². The monoisotopic (exact) mass is 323 g/mol. The van der Waals surface area contributed by atoms with Gasteiger partial charge in [0.1, 0.15) is 6.04 Å². The van der Waals surface area contributed by atoms with Gasteiger partial charge in [0, 0.05) is 19.0 Å². The molecule has 3 N–H and O–H groups in total. The van der Waals surface area contributed by atoms with Crippen LogP contribution < -0.4 is 16.0 Å². The highest BCUT2D eigenvalue weighted by Crippen LogP contribution is 2.05. The number of carbonyl (C=O) groups excluding carboxylic acids is 3. The molecule has 0 saturated heterocycles. The number of hydrogen-bond acceptors (Lipinski definition) is 4. The number of nitrogens with one attached hydrogen (secondary N) is 3. The fourth-order valence-electron chi connectivity index (χ4n) is 1.84. The standard InChI is InChI=1S/C16H25N3O4/c1-10(2)13(19-15(21)12-6-5-9-23-12)16(22)18-8-7-17-14(20)11(3)4/h5-6,9-11,13H,7-8H2,1-4H3,(H,17,20)(H,18,22)(H,19,21). The first-order valence-electron chi connectivity index (χ1n) is 7.72. The van der Waals surface area contributed by atoms with Gasteiger partial charge in [-0.1, -0.05) is 27.7 Å². The van der Waals surface area contributed by atoms with Crippen molar-refractivity contribution >= 4 is 17.7 Å². The summed E-state index contributed by atoms with van der Waals surface area (Å²) in [6, 6.07) is 2.47.